The maximum Gasteiger partial charge on any atom is 0.221 e. The molecule has 2 aromatic rings. The summed E-state index contributed by atoms with van der Waals surface area (Å²) in [5.41, 5.74) is 1.77. The quantitative estimate of drug-likeness (QED) is 0.868. The van der Waals surface area contributed by atoms with E-state index in [9.17, 15) is 4.79 Å². The Morgan fingerprint density at radius 1 is 1.06 bits per heavy atom. The van der Waals surface area contributed by atoms with Crippen molar-refractivity contribution in [1.82, 2.24) is 10.3 Å². The molecule has 3 heteroatoms. The van der Waals surface area contributed by atoms with Gasteiger partial charge in [0.2, 0.25) is 5.91 Å². The minimum absolute atomic E-state index is 0.0875. The largest absolute Gasteiger partial charge is 0.355 e. The SMILES string of the molecule is O=C1CC(c2ccccc2)(c2ccccn2)CN1. The summed E-state index contributed by atoms with van der Waals surface area (Å²) < 4.78 is 0. The second-order valence-electron chi connectivity index (χ2n) is 4.62. The molecule has 90 valence electrons. The molecular formula is C15H14N2O. The van der Waals surface area contributed by atoms with Gasteiger partial charge in [-0.15, -0.1) is 0 Å². The first-order chi connectivity index (χ1) is 8.81. The van der Waals surface area contributed by atoms with Crippen LogP contribution in [-0.4, -0.2) is 17.4 Å². The van der Waals surface area contributed by atoms with E-state index < -0.39 is 0 Å². The van der Waals surface area contributed by atoms with Gasteiger partial charge in [-0.3, -0.25) is 9.78 Å². The third-order valence-corrected chi connectivity index (χ3v) is 3.53. The Kier molecular flexibility index (Phi) is 2.59. The highest BCUT2D eigenvalue weighted by Gasteiger charge is 2.42. The number of hydrogen-bond acceptors (Lipinski definition) is 2. The highest BCUT2D eigenvalue weighted by molar-refractivity contribution is 5.81. The Hall–Kier alpha value is -2.16. The third kappa shape index (κ3) is 1.68. The average molecular weight is 238 g/mol. The Labute approximate surface area is 106 Å². The molecule has 1 aliphatic rings. The van der Waals surface area contributed by atoms with Gasteiger partial charge in [0, 0.05) is 19.2 Å². The number of carbonyl (C=O) groups is 1. The van der Waals surface area contributed by atoms with Gasteiger partial charge >= 0.3 is 0 Å². The summed E-state index contributed by atoms with van der Waals surface area (Å²) in [6.45, 7) is 0.618. The van der Waals surface area contributed by atoms with Crippen LogP contribution in [0.5, 0.6) is 0 Å². The van der Waals surface area contributed by atoms with Gasteiger partial charge in [0.1, 0.15) is 0 Å². The summed E-state index contributed by atoms with van der Waals surface area (Å²) >= 11 is 0. The average Bonchev–Trinajstić information content (AvgIpc) is 2.84. The van der Waals surface area contributed by atoms with E-state index in [2.05, 4.69) is 22.4 Å². The van der Waals surface area contributed by atoms with E-state index >= 15 is 0 Å². The summed E-state index contributed by atoms with van der Waals surface area (Å²) in [6.07, 6.45) is 2.25. The summed E-state index contributed by atoms with van der Waals surface area (Å²) in [5, 5.41) is 2.93. The van der Waals surface area contributed by atoms with Gasteiger partial charge < -0.3 is 5.32 Å². The minimum Gasteiger partial charge on any atom is -0.355 e. The molecular weight excluding hydrogens is 224 g/mol. The molecule has 1 amide bonds. The van der Waals surface area contributed by atoms with Crippen molar-refractivity contribution < 1.29 is 4.79 Å². The lowest BCUT2D eigenvalue weighted by Crippen LogP contribution is -2.31. The summed E-state index contributed by atoms with van der Waals surface area (Å²) in [5.74, 6) is 0.0875. The first-order valence-electron chi connectivity index (χ1n) is 6.05. The summed E-state index contributed by atoms with van der Waals surface area (Å²) in [4.78, 5) is 16.1. The lowest BCUT2D eigenvalue weighted by Gasteiger charge is -2.27. The molecule has 1 unspecified atom stereocenters. The lowest BCUT2D eigenvalue weighted by atomic mass is 9.76. The molecule has 0 radical (unpaired) electrons. The maximum absolute atomic E-state index is 11.7. The topological polar surface area (TPSA) is 42.0 Å². The Bertz CT molecular complexity index is 512. The van der Waals surface area contributed by atoms with Gasteiger partial charge in [-0.2, -0.15) is 0 Å². The van der Waals surface area contributed by atoms with Crippen LogP contribution < -0.4 is 5.32 Å². The lowest BCUT2D eigenvalue weighted by molar-refractivity contribution is -0.119. The highest BCUT2D eigenvalue weighted by Crippen LogP contribution is 2.36. The van der Waals surface area contributed by atoms with Crippen molar-refractivity contribution in [3.63, 3.8) is 0 Å². The fourth-order valence-electron chi connectivity index (χ4n) is 2.58. The van der Waals surface area contributed by atoms with Crippen LogP contribution >= 0.6 is 0 Å². The smallest absolute Gasteiger partial charge is 0.221 e. The Balaban J connectivity index is 2.14. The van der Waals surface area contributed by atoms with Crippen LogP contribution in [-0.2, 0) is 10.2 Å². The normalized spacial score (nSPS) is 22.8. The number of carbonyl (C=O) groups excluding carboxylic acids is 1. The molecule has 1 N–H and O–H groups in total. The molecule has 2 heterocycles. The summed E-state index contributed by atoms with van der Waals surface area (Å²) in [7, 11) is 0. The molecule has 1 atom stereocenters. The highest BCUT2D eigenvalue weighted by atomic mass is 16.1. The van der Waals surface area contributed by atoms with Gasteiger partial charge in [-0.05, 0) is 17.7 Å². The van der Waals surface area contributed by atoms with Crippen LogP contribution in [0, 0.1) is 0 Å². The van der Waals surface area contributed by atoms with E-state index in [1.54, 1.807) is 6.20 Å². The molecule has 1 aromatic carbocycles. The van der Waals surface area contributed by atoms with Gasteiger partial charge in [0.15, 0.2) is 0 Å². The molecule has 1 aliphatic heterocycles. The van der Waals surface area contributed by atoms with Crippen LogP contribution in [0.1, 0.15) is 17.7 Å². The number of aromatic nitrogens is 1. The second-order valence-corrected chi connectivity index (χ2v) is 4.62. The zero-order valence-electron chi connectivity index (χ0n) is 9.97. The van der Waals surface area contributed by atoms with Crippen LogP contribution in [0.4, 0.5) is 0 Å². The minimum atomic E-state index is -0.320. The fourth-order valence-corrected chi connectivity index (χ4v) is 2.58. The van der Waals surface area contributed by atoms with Gasteiger partial charge in [0.25, 0.3) is 0 Å². The molecule has 0 bridgehead atoms. The molecule has 1 aromatic heterocycles. The number of rotatable bonds is 2. The molecule has 1 saturated heterocycles. The predicted octanol–water partition coefficient (Wildman–Crippen LogP) is 1.89. The van der Waals surface area contributed by atoms with E-state index in [4.69, 9.17) is 0 Å². The van der Waals surface area contributed by atoms with E-state index in [0.717, 1.165) is 11.3 Å². The number of hydrogen-bond donors (Lipinski definition) is 1. The number of amides is 1. The molecule has 0 saturated carbocycles. The van der Waals surface area contributed by atoms with Crippen molar-refractivity contribution >= 4 is 5.91 Å². The molecule has 0 aliphatic carbocycles. The van der Waals surface area contributed by atoms with E-state index in [0.29, 0.717) is 13.0 Å². The van der Waals surface area contributed by atoms with Crippen molar-refractivity contribution in [3.8, 4) is 0 Å². The van der Waals surface area contributed by atoms with E-state index in [1.165, 1.54) is 0 Å². The zero-order chi connectivity index (χ0) is 12.4. The molecule has 3 rings (SSSR count). The second kappa shape index (κ2) is 4.26. The zero-order valence-corrected chi connectivity index (χ0v) is 9.97. The van der Waals surface area contributed by atoms with Crippen molar-refractivity contribution in [2.45, 2.75) is 11.8 Å². The van der Waals surface area contributed by atoms with Crippen molar-refractivity contribution in [2.75, 3.05) is 6.54 Å². The number of pyridine rings is 1. The van der Waals surface area contributed by atoms with Gasteiger partial charge in [-0.25, -0.2) is 0 Å². The standard InChI is InChI=1S/C15H14N2O/c18-14-10-15(11-17-14,12-6-2-1-3-7-12)13-8-4-5-9-16-13/h1-9H,10-11H2,(H,17,18). The Morgan fingerprint density at radius 2 is 1.83 bits per heavy atom. The first kappa shape index (κ1) is 11.0. The Morgan fingerprint density at radius 3 is 2.44 bits per heavy atom. The monoisotopic (exact) mass is 238 g/mol. The maximum atomic E-state index is 11.7. The van der Waals surface area contributed by atoms with Crippen molar-refractivity contribution in [2.24, 2.45) is 0 Å². The molecule has 3 nitrogen and oxygen atoms in total. The van der Waals surface area contributed by atoms with E-state index in [1.807, 2.05) is 36.4 Å². The number of nitrogens with one attached hydrogen (secondary N) is 1. The number of nitrogens with zero attached hydrogens (tertiary/aromatic N) is 1. The van der Waals surface area contributed by atoms with E-state index in [-0.39, 0.29) is 11.3 Å². The van der Waals surface area contributed by atoms with Crippen LogP contribution in [0.3, 0.4) is 0 Å². The first-order valence-corrected chi connectivity index (χ1v) is 6.05. The molecule has 0 spiro atoms. The summed E-state index contributed by atoms with van der Waals surface area (Å²) in [6, 6.07) is 16.0. The van der Waals surface area contributed by atoms with Crippen molar-refractivity contribution in [3.05, 3.63) is 66.0 Å². The van der Waals surface area contributed by atoms with Crippen LogP contribution in [0.15, 0.2) is 54.7 Å². The third-order valence-electron chi connectivity index (χ3n) is 3.53. The van der Waals surface area contributed by atoms with Gasteiger partial charge in [-0.1, -0.05) is 36.4 Å². The molecule has 1 fully saturated rings. The van der Waals surface area contributed by atoms with Crippen LogP contribution in [0.2, 0.25) is 0 Å². The molecule has 18 heavy (non-hydrogen) atoms. The van der Waals surface area contributed by atoms with Crippen molar-refractivity contribution in [1.29, 1.82) is 0 Å². The van der Waals surface area contributed by atoms with Gasteiger partial charge in [0.05, 0.1) is 11.1 Å². The predicted molar refractivity (Wildman–Crippen MR) is 69.1 cm³/mol. The van der Waals surface area contributed by atoms with Crippen LogP contribution in [0.25, 0.3) is 0 Å². The fraction of sp³-hybridized carbons (Fsp3) is 0.200. The number of benzene rings is 1.